The molecule has 2 aromatic carbocycles. The van der Waals surface area contributed by atoms with Crippen molar-refractivity contribution in [3.05, 3.63) is 69.8 Å². The molecule has 2 aliphatic rings. The first kappa shape index (κ1) is 25.1. The summed E-state index contributed by atoms with van der Waals surface area (Å²) in [7, 11) is 0. The van der Waals surface area contributed by atoms with E-state index in [0.29, 0.717) is 22.1 Å². The van der Waals surface area contributed by atoms with Crippen molar-refractivity contribution < 1.29 is 0 Å². The third-order valence-corrected chi connectivity index (χ3v) is 8.74. The number of aromatic nitrogens is 1. The molecule has 1 heterocycles. The fourth-order valence-electron chi connectivity index (χ4n) is 6.38. The van der Waals surface area contributed by atoms with Crippen LogP contribution in [0.25, 0.3) is 10.9 Å². The van der Waals surface area contributed by atoms with Gasteiger partial charge in [0.15, 0.2) is 0 Å². The van der Waals surface area contributed by atoms with E-state index < -0.39 is 0 Å². The molecule has 0 saturated heterocycles. The first-order chi connectivity index (χ1) is 17.1. The van der Waals surface area contributed by atoms with E-state index in [4.69, 9.17) is 28.9 Å². The second-order valence-electron chi connectivity index (χ2n) is 10.9. The van der Waals surface area contributed by atoms with Gasteiger partial charge in [0.1, 0.15) is 0 Å². The van der Waals surface area contributed by atoms with Crippen LogP contribution in [0.2, 0.25) is 10.0 Å². The van der Waals surface area contributed by atoms with Gasteiger partial charge in [0.2, 0.25) is 0 Å². The topological polar surface area (TPSA) is 43.0 Å². The van der Waals surface area contributed by atoms with Gasteiger partial charge in [-0.05, 0) is 92.8 Å². The van der Waals surface area contributed by atoms with Crippen molar-refractivity contribution in [1.82, 2.24) is 9.88 Å². The highest BCUT2D eigenvalue weighted by atomic mass is 35.5. The highest BCUT2D eigenvalue weighted by Crippen LogP contribution is 2.38. The molecule has 1 aromatic heterocycles. The molecule has 3 aromatic rings. The van der Waals surface area contributed by atoms with Crippen LogP contribution in [0, 0.1) is 5.92 Å². The maximum atomic E-state index is 6.49. The zero-order chi connectivity index (χ0) is 24.2. The van der Waals surface area contributed by atoms with Crippen LogP contribution in [0.15, 0.2) is 48.7 Å². The number of fused-ring (bicyclic) bond motifs is 1. The van der Waals surface area contributed by atoms with Gasteiger partial charge >= 0.3 is 0 Å². The SMILES string of the molecule is NC1CCC(NCCC(c2cc(Cl)cc(Cl)c2)c2cn(CC3CCCCC3)c3ccccc23)CC1. The number of benzene rings is 2. The van der Waals surface area contributed by atoms with Crippen LogP contribution in [-0.2, 0) is 6.54 Å². The Morgan fingerprint density at radius 1 is 0.914 bits per heavy atom. The normalized spacial score (nSPS) is 22.5. The number of nitrogens with zero attached hydrogens (tertiary/aromatic N) is 1. The summed E-state index contributed by atoms with van der Waals surface area (Å²) in [6, 6.07) is 15.9. The zero-order valence-electron chi connectivity index (χ0n) is 20.7. The molecule has 5 heteroatoms. The fraction of sp³-hybridized carbons (Fsp3) is 0.533. The van der Waals surface area contributed by atoms with Gasteiger partial charge in [0, 0.05) is 51.7 Å². The molecule has 1 unspecified atom stereocenters. The smallest absolute Gasteiger partial charge is 0.0483 e. The summed E-state index contributed by atoms with van der Waals surface area (Å²) < 4.78 is 2.52. The minimum atomic E-state index is 0.238. The average Bonchev–Trinajstić information content (AvgIpc) is 3.21. The van der Waals surface area contributed by atoms with Gasteiger partial charge in [0.25, 0.3) is 0 Å². The van der Waals surface area contributed by atoms with Crippen LogP contribution in [0.3, 0.4) is 0 Å². The third-order valence-electron chi connectivity index (χ3n) is 8.30. The number of para-hydroxylation sites is 1. The Morgan fingerprint density at radius 3 is 2.37 bits per heavy atom. The number of hydrogen-bond donors (Lipinski definition) is 2. The Morgan fingerprint density at radius 2 is 1.63 bits per heavy atom. The number of hydrogen-bond acceptors (Lipinski definition) is 2. The maximum absolute atomic E-state index is 6.49. The highest BCUT2D eigenvalue weighted by Gasteiger charge is 2.24. The van der Waals surface area contributed by atoms with E-state index in [1.165, 1.54) is 67.0 Å². The van der Waals surface area contributed by atoms with E-state index in [1.807, 2.05) is 6.07 Å². The molecular weight excluding hydrogens is 473 g/mol. The van der Waals surface area contributed by atoms with Crippen molar-refractivity contribution in [2.75, 3.05) is 6.54 Å². The van der Waals surface area contributed by atoms with Crippen molar-refractivity contribution in [3.63, 3.8) is 0 Å². The molecule has 0 spiro atoms. The monoisotopic (exact) mass is 511 g/mol. The Labute approximate surface area is 220 Å². The average molecular weight is 513 g/mol. The van der Waals surface area contributed by atoms with Gasteiger partial charge in [-0.25, -0.2) is 0 Å². The number of rotatable bonds is 8. The molecule has 35 heavy (non-hydrogen) atoms. The van der Waals surface area contributed by atoms with Gasteiger partial charge in [-0.3, -0.25) is 0 Å². The summed E-state index contributed by atoms with van der Waals surface area (Å²) >= 11 is 13.0. The molecule has 3 N–H and O–H groups in total. The maximum Gasteiger partial charge on any atom is 0.0483 e. The predicted molar refractivity (Wildman–Crippen MR) is 150 cm³/mol. The first-order valence-corrected chi connectivity index (χ1v) is 14.3. The quantitative estimate of drug-likeness (QED) is 0.322. The van der Waals surface area contributed by atoms with Crippen LogP contribution in [-0.4, -0.2) is 23.2 Å². The van der Waals surface area contributed by atoms with Gasteiger partial charge in [-0.15, -0.1) is 0 Å². The van der Waals surface area contributed by atoms with Crippen molar-refractivity contribution in [2.24, 2.45) is 11.7 Å². The molecule has 0 aliphatic heterocycles. The summed E-state index contributed by atoms with van der Waals surface area (Å²) in [6.07, 6.45) is 14.9. The molecule has 5 rings (SSSR count). The van der Waals surface area contributed by atoms with Crippen LogP contribution < -0.4 is 11.1 Å². The minimum absolute atomic E-state index is 0.238. The minimum Gasteiger partial charge on any atom is -0.347 e. The molecule has 1 atom stereocenters. The predicted octanol–water partition coefficient (Wildman–Crippen LogP) is 7.91. The van der Waals surface area contributed by atoms with Crippen LogP contribution in [0.1, 0.15) is 81.3 Å². The van der Waals surface area contributed by atoms with E-state index in [9.17, 15) is 0 Å². The molecule has 188 valence electrons. The number of nitrogens with one attached hydrogen (secondary N) is 1. The van der Waals surface area contributed by atoms with Gasteiger partial charge < -0.3 is 15.6 Å². The summed E-state index contributed by atoms with van der Waals surface area (Å²) in [5, 5.41) is 6.60. The largest absolute Gasteiger partial charge is 0.347 e. The zero-order valence-corrected chi connectivity index (χ0v) is 22.2. The molecule has 3 nitrogen and oxygen atoms in total. The van der Waals surface area contributed by atoms with Gasteiger partial charge in [-0.1, -0.05) is 60.7 Å². The van der Waals surface area contributed by atoms with E-state index in [2.05, 4.69) is 52.5 Å². The van der Waals surface area contributed by atoms with Crippen LogP contribution in [0.5, 0.6) is 0 Å². The van der Waals surface area contributed by atoms with Crippen LogP contribution in [0.4, 0.5) is 0 Å². The summed E-state index contributed by atoms with van der Waals surface area (Å²) in [6.45, 7) is 2.08. The van der Waals surface area contributed by atoms with E-state index in [-0.39, 0.29) is 5.92 Å². The summed E-state index contributed by atoms with van der Waals surface area (Å²) in [5.74, 6) is 1.02. The number of halogens is 2. The Kier molecular flexibility index (Phi) is 8.40. The molecule has 2 fully saturated rings. The number of nitrogens with two attached hydrogens (primary N) is 1. The third kappa shape index (κ3) is 6.25. The van der Waals surface area contributed by atoms with Crippen molar-refractivity contribution in [1.29, 1.82) is 0 Å². The second kappa shape index (κ2) is 11.7. The standard InChI is InChI=1S/C30H39Cl2N3/c31-23-16-22(17-24(32)18-23)27(14-15-34-26-12-10-25(33)11-13-26)29-20-35(19-21-6-2-1-3-7-21)30-9-5-4-8-28(29)30/h4-5,8-9,16-18,20-21,25-27,34H,1-3,6-7,10-15,19,33H2. The van der Waals surface area contributed by atoms with E-state index >= 15 is 0 Å². The lowest BCUT2D eigenvalue weighted by molar-refractivity contribution is 0.322. The van der Waals surface area contributed by atoms with Crippen molar-refractivity contribution in [2.45, 2.75) is 88.8 Å². The molecule has 0 bridgehead atoms. The lowest BCUT2D eigenvalue weighted by atomic mass is 9.87. The van der Waals surface area contributed by atoms with Crippen molar-refractivity contribution >= 4 is 34.1 Å². The van der Waals surface area contributed by atoms with Gasteiger partial charge in [-0.2, -0.15) is 0 Å². The van der Waals surface area contributed by atoms with E-state index in [0.717, 1.165) is 38.3 Å². The molecule has 0 radical (unpaired) electrons. The lowest BCUT2D eigenvalue weighted by Crippen LogP contribution is -2.38. The van der Waals surface area contributed by atoms with E-state index in [1.54, 1.807) is 0 Å². The summed E-state index contributed by atoms with van der Waals surface area (Å²) in [4.78, 5) is 0. The Balaban J connectivity index is 1.44. The summed E-state index contributed by atoms with van der Waals surface area (Å²) in [5.41, 5.74) is 10.1. The molecule has 2 aliphatic carbocycles. The van der Waals surface area contributed by atoms with Crippen molar-refractivity contribution in [3.8, 4) is 0 Å². The lowest BCUT2D eigenvalue weighted by Gasteiger charge is -2.28. The molecular formula is C30H39Cl2N3. The Hall–Kier alpha value is -1.52. The second-order valence-corrected chi connectivity index (χ2v) is 11.7. The first-order valence-electron chi connectivity index (χ1n) is 13.6. The molecule has 0 amide bonds. The van der Waals surface area contributed by atoms with Crippen LogP contribution >= 0.6 is 23.2 Å². The highest BCUT2D eigenvalue weighted by molar-refractivity contribution is 6.34. The molecule has 2 saturated carbocycles. The Bertz CT molecular complexity index is 1090. The van der Waals surface area contributed by atoms with Gasteiger partial charge in [0.05, 0.1) is 0 Å². The fourth-order valence-corrected chi connectivity index (χ4v) is 6.93.